The van der Waals surface area contributed by atoms with Crippen LogP contribution in [0.25, 0.3) is 0 Å². The zero-order valence-electron chi connectivity index (χ0n) is 9.18. The molecule has 0 spiro atoms. The van der Waals surface area contributed by atoms with E-state index in [1.165, 1.54) is 6.42 Å². The first-order valence-electron chi connectivity index (χ1n) is 5.44. The van der Waals surface area contributed by atoms with Gasteiger partial charge in [-0.3, -0.25) is 0 Å². The molecule has 1 aliphatic carbocycles. The number of benzene rings is 1. The minimum atomic E-state index is 0.207. The molecule has 1 aliphatic rings. The molecule has 0 aliphatic heterocycles. The molecule has 1 aromatic rings. The minimum Gasteiger partial charge on any atom is -0.491 e. The second-order valence-electron chi connectivity index (χ2n) is 4.50. The monoisotopic (exact) mass is 310 g/mol. The summed E-state index contributed by atoms with van der Waals surface area (Å²) in [6.07, 6.45) is 3.57. The van der Waals surface area contributed by atoms with Crippen LogP contribution < -0.4 is 4.74 Å². The van der Waals surface area contributed by atoms with Crippen LogP contribution in [0.5, 0.6) is 5.75 Å². The Labute approximate surface area is 122 Å². The Morgan fingerprint density at radius 3 is 2.29 bits per heavy atom. The van der Waals surface area contributed by atoms with Crippen LogP contribution in [-0.4, -0.2) is 12.4 Å². The van der Waals surface area contributed by atoms with Crippen LogP contribution >= 0.6 is 47.4 Å². The number of hydrogen-bond donors (Lipinski definition) is 1. The molecule has 1 aromatic carbocycles. The molecule has 0 amide bonds. The third-order valence-electron chi connectivity index (χ3n) is 3.26. The highest BCUT2D eigenvalue weighted by Gasteiger charge is 2.36. The standard InChI is InChI=1S/C12H13Cl3OS/c13-8-4-10(15)11(5-9(8)14)16-6-12(7-17)2-1-3-12/h4-5,17H,1-3,6-7H2. The van der Waals surface area contributed by atoms with Gasteiger partial charge in [-0.2, -0.15) is 12.6 Å². The lowest BCUT2D eigenvalue weighted by Gasteiger charge is -2.40. The number of rotatable bonds is 4. The molecule has 0 atom stereocenters. The van der Waals surface area contributed by atoms with Gasteiger partial charge < -0.3 is 4.74 Å². The molecule has 0 radical (unpaired) electrons. The largest absolute Gasteiger partial charge is 0.491 e. The van der Waals surface area contributed by atoms with Crippen molar-refractivity contribution in [2.45, 2.75) is 19.3 Å². The van der Waals surface area contributed by atoms with Crippen molar-refractivity contribution in [2.75, 3.05) is 12.4 Å². The second kappa shape index (κ2) is 5.48. The van der Waals surface area contributed by atoms with Crippen LogP contribution in [-0.2, 0) is 0 Å². The lowest BCUT2D eigenvalue weighted by Crippen LogP contribution is -2.37. The van der Waals surface area contributed by atoms with E-state index in [2.05, 4.69) is 12.6 Å². The third-order valence-corrected chi connectivity index (χ3v) is 4.95. The summed E-state index contributed by atoms with van der Waals surface area (Å²) in [7, 11) is 0. The molecule has 94 valence electrons. The molecular formula is C12H13Cl3OS. The van der Waals surface area contributed by atoms with Crippen molar-refractivity contribution in [2.24, 2.45) is 5.41 Å². The molecule has 1 fully saturated rings. The van der Waals surface area contributed by atoms with E-state index in [1.807, 2.05) is 0 Å². The first-order valence-corrected chi connectivity index (χ1v) is 7.21. The van der Waals surface area contributed by atoms with E-state index in [-0.39, 0.29) is 5.41 Å². The molecule has 5 heteroatoms. The third kappa shape index (κ3) is 2.98. The van der Waals surface area contributed by atoms with Crippen LogP contribution in [0.1, 0.15) is 19.3 Å². The topological polar surface area (TPSA) is 9.23 Å². The molecule has 0 unspecified atom stereocenters. The lowest BCUT2D eigenvalue weighted by molar-refractivity contribution is 0.0830. The van der Waals surface area contributed by atoms with Crippen LogP contribution in [0, 0.1) is 5.41 Å². The van der Waals surface area contributed by atoms with Gasteiger partial charge in [0.1, 0.15) is 5.75 Å². The van der Waals surface area contributed by atoms with Gasteiger partial charge in [0.05, 0.1) is 21.7 Å². The number of ether oxygens (including phenoxy) is 1. The van der Waals surface area contributed by atoms with E-state index in [0.717, 1.165) is 18.6 Å². The summed E-state index contributed by atoms with van der Waals surface area (Å²) < 4.78 is 5.75. The molecule has 0 saturated heterocycles. The van der Waals surface area contributed by atoms with Gasteiger partial charge in [0.25, 0.3) is 0 Å². The molecular weight excluding hydrogens is 299 g/mol. The maximum absolute atomic E-state index is 6.05. The van der Waals surface area contributed by atoms with Crippen molar-refractivity contribution >= 4 is 47.4 Å². The number of halogens is 3. The molecule has 0 bridgehead atoms. The molecule has 0 aromatic heterocycles. The van der Waals surface area contributed by atoms with Gasteiger partial charge in [0.2, 0.25) is 0 Å². The van der Waals surface area contributed by atoms with Crippen molar-refractivity contribution in [3.63, 3.8) is 0 Å². The van der Waals surface area contributed by atoms with E-state index in [4.69, 9.17) is 39.5 Å². The predicted octanol–water partition coefficient (Wildman–Crippen LogP) is 5.13. The first-order chi connectivity index (χ1) is 8.06. The van der Waals surface area contributed by atoms with Crippen molar-refractivity contribution in [3.05, 3.63) is 27.2 Å². The van der Waals surface area contributed by atoms with Crippen molar-refractivity contribution in [1.29, 1.82) is 0 Å². The SMILES string of the molecule is SCC1(COc2cc(Cl)c(Cl)cc2Cl)CCC1. The molecule has 0 heterocycles. The van der Waals surface area contributed by atoms with Crippen LogP contribution in [0.4, 0.5) is 0 Å². The predicted molar refractivity (Wildman–Crippen MR) is 77.1 cm³/mol. The maximum atomic E-state index is 6.05. The minimum absolute atomic E-state index is 0.207. The quantitative estimate of drug-likeness (QED) is 0.599. The summed E-state index contributed by atoms with van der Waals surface area (Å²) in [4.78, 5) is 0. The highest BCUT2D eigenvalue weighted by atomic mass is 35.5. The Morgan fingerprint density at radius 1 is 1.12 bits per heavy atom. The smallest absolute Gasteiger partial charge is 0.139 e. The summed E-state index contributed by atoms with van der Waals surface area (Å²) in [5.41, 5.74) is 0.207. The Balaban J connectivity index is 2.06. The average Bonchev–Trinajstić information content (AvgIpc) is 2.24. The zero-order valence-corrected chi connectivity index (χ0v) is 12.3. The van der Waals surface area contributed by atoms with Gasteiger partial charge in [0, 0.05) is 11.5 Å². The molecule has 17 heavy (non-hydrogen) atoms. The zero-order chi connectivity index (χ0) is 12.5. The van der Waals surface area contributed by atoms with Gasteiger partial charge >= 0.3 is 0 Å². The molecule has 1 saturated carbocycles. The number of hydrogen-bond acceptors (Lipinski definition) is 2. The summed E-state index contributed by atoms with van der Waals surface area (Å²) in [6.45, 7) is 0.633. The fourth-order valence-electron chi connectivity index (χ4n) is 1.87. The van der Waals surface area contributed by atoms with Crippen molar-refractivity contribution in [3.8, 4) is 5.75 Å². The number of thiol groups is 1. The maximum Gasteiger partial charge on any atom is 0.139 e. The Morgan fingerprint density at radius 2 is 1.76 bits per heavy atom. The van der Waals surface area contributed by atoms with Crippen LogP contribution in [0.3, 0.4) is 0 Å². The van der Waals surface area contributed by atoms with E-state index in [1.54, 1.807) is 12.1 Å². The lowest BCUT2D eigenvalue weighted by atomic mass is 9.71. The summed E-state index contributed by atoms with van der Waals surface area (Å²) >= 11 is 22.2. The summed E-state index contributed by atoms with van der Waals surface area (Å²) in [5.74, 6) is 1.43. The van der Waals surface area contributed by atoms with Gasteiger partial charge in [-0.05, 0) is 24.7 Å². The highest BCUT2D eigenvalue weighted by molar-refractivity contribution is 7.80. The van der Waals surface area contributed by atoms with Gasteiger partial charge in [-0.15, -0.1) is 0 Å². The fraction of sp³-hybridized carbons (Fsp3) is 0.500. The Hall–Kier alpha value is 0.240. The Kier molecular flexibility index (Phi) is 4.40. The van der Waals surface area contributed by atoms with E-state index in [0.29, 0.717) is 27.4 Å². The summed E-state index contributed by atoms with van der Waals surface area (Å²) in [6, 6.07) is 3.27. The van der Waals surface area contributed by atoms with Crippen LogP contribution in [0.2, 0.25) is 15.1 Å². The van der Waals surface area contributed by atoms with Crippen molar-refractivity contribution < 1.29 is 4.74 Å². The molecule has 0 N–H and O–H groups in total. The second-order valence-corrected chi connectivity index (χ2v) is 6.03. The van der Waals surface area contributed by atoms with Crippen molar-refractivity contribution in [1.82, 2.24) is 0 Å². The van der Waals surface area contributed by atoms with E-state index in [9.17, 15) is 0 Å². The Bertz CT molecular complexity index is 413. The van der Waals surface area contributed by atoms with E-state index < -0.39 is 0 Å². The fourth-order valence-corrected chi connectivity index (χ4v) is 2.87. The van der Waals surface area contributed by atoms with Gasteiger partial charge in [-0.25, -0.2) is 0 Å². The summed E-state index contributed by atoms with van der Waals surface area (Å²) in [5, 5.41) is 1.39. The average molecular weight is 312 g/mol. The van der Waals surface area contributed by atoms with Gasteiger partial charge in [-0.1, -0.05) is 41.2 Å². The first kappa shape index (κ1) is 13.7. The highest BCUT2D eigenvalue weighted by Crippen LogP contribution is 2.43. The van der Waals surface area contributed by atoms with Gasteiger partial charge in [0.15, 0.2) is 0 Å². The van der Waals surface area contributed by atoms with Crippen LogP contribution in [0.15, 0.2) is 12.1 Å². The molecule has 2 rings (SSSR count). The normalized spacial score (nSPS) is 17.6. The molecule has 1 nitrogen and oxygen atoms in total. The van der Waals surface area contributed by atoms with E-state index >= 15 is 0 Å².